The summed E-state index contributed by atoms with van der Waals surface area (Å²) in [7, 11) is 0. The Bertz CT molecular complexity index is 1170. The third kappa shape index (κ3) is 5.13. The minimum absolute atomic E-state index is 0.0857. The summed E-state index contributed by atoms with van der Waals surface area (Å²) in [5, 5.41) is 15.0. The molecule has 0 spiro atoms. The first kappa shape index (κ1) is 22.5. The van der Waals surface area contributed by atoms with Crippen molar-refractivity contribution in [1.82, 2.24) is 29.8 Å². The predicted octanol–water partition coefficient (Wildman–Crippen LogP) is 1.74. The highest BCUT2D eigenvalue weighted by Crippen LogP contribution is 2.21. The van der Waals surface area contributed by atoms with Gasteiger partial charge in [0.05, 0.1) is 16.7 Å². The summed E-state index contributed by atoms with van der Waals surface area (Å²) in [5.41, 5.74) is 0.512. The van der Waals surface area contributed by atoms with Gasteiger partial charge in [0.15, 0.2) is 5.16 Å². The number of thioether (sulfide) groups is 1. The molecule has 0 saturated heterocycles. The monoisotopic (exact) mass is 442 g/mol. The number of para-hydroxylation sites is 1. The van der Waals surface area contributed by atoms with Crippen LogP contribution in [0.4, 0.5) is 0 Å². The molecular formula is C21H26N6O3S. The van der Waals surface area contributed by atoms with Crippen LogP contribution in [0.25, 0.3) is 16.7 Å². The van der Waals surface area contributed by atoms with Gasteiger partial charge in [-0.25, -0.2) is 0 Å². The second kappa shape index (κ2) is 10.3. The van der Waals surface area contributed by atoms with E-state index in [-0.39, 0.29) is 42.1 Å². The van der Waals surface area contributed by atoms with Crippen LogP contribution >= 0.6 is 11.8 Å². The summed E-state index contributed by atoms with van der Waals surface area (Å²) in [4.78, 5) is 36.8. The predicted molar refractivity (Wildman–Crippen MR) is 121 cm³/mol. The molecule has 9 nitrogen and oxygen atoms in total. The quantitative estimate of drug-likeness (QED) is 0.366. The Morgan fingerprint density at radius 2 is 2.03 bits per heavy atom. The Morgan fingerprint density at radius 1 is 1.26 bits per heavy atom. The van der Waals surface area contributed by atoms with Gasteiger partial charge in [-0.05, 0) is 25.5 Å². The number of carbonyl (C=O) groups is 2. The lowest BCUT2D eigenvalue weighted by atomic mass is 10.2. The normalized spacial score (nSPS) is 12.1. The third-order valence-electron chi connectivity index (χ3n) is 4.82. The van der Waals surface area contributed by atoms with Crippen LogP contribution in [0, 0.1) is 0 Å². The fraction of sp³-hybridized carbons (Fsp3) is 0.381. The van der Waals surface area contributed by atoms with Crippen molar-refractivity contribution < 1.29 is 9.59 Å². The molecule has 3 aromatic rings. The van der Waals surface area contributed by atoms with Crippen LogP contribution in [0.3, 0.4) is 0 Å². The minimum atomic E-state index is -0.207. The van der Waals surface area contributed by atoms with Crippen molar-refractivity contribution in [2.75, 3.05) is 12.3 Å². The number of aromatic nitrogens is 4. The van der Waals surface area contributed by atoms with Gasteiger partial charge < -0.3 is 10.6 Å². The maximum atomic E-state index is 12.8. The number of nitrogens with zero attached hydrogens (tertiary/aromatic N) is 4. The summed E-state index contributed by atoms with van der Waals surface area (Å²) in [5.74, 6) is 0.218. The molecule has 2 N–H and O–H groups in total. The molecule has 1 atom stereocenters. The van der Waals surface area contributed by atoms with E-state index < -0.39 is 0 Å². The van der Waals surface area contributed by atoms with E-state index in [0.717, 1.165) is 6.42 Å². The second-order valence-electron chi connectivity index (χ2n) is 7.11. The first-order valence-corrected chi connectivity index (χ1v) is 11.1. The van der Waals surface area contributed by atoms with Crippen molar-refractivity contribution in [1.29, 1.82) is 0 Å². The molecule has 3 rings (SSSR count). The van der Waals surface area contributed by atoms with Crippen LogP contribution in [0.5, 0.6) is 0 Å². The maximum absolute atomic E-state index is 12.8. The van der Waals surface area contributed by atoms with Crippen LogP contribution in [0.2, 0.25) is 0 Å². The largest absolute Gasteiger partial charge is 0.355 e. The van der Waals surface area contributed by atoms with Crippen molar-refractivity contribution in [3.8, 4) is 0 Å². The Labute approximate surface area is 183 Å². The van der Waals surface area contributed by atoms with Gasteiger partial charge in [-0.2, -0.15) is 0 Å². The molecule has 0 aliphatic carbocycles. The van der Waals surface area contributed by atoms with Crippen molar-refractivity contribution >= 4 is 40.3 Å². The topological polar surface area (TPSA) is 110 Å². The Kier molecular flexibility index (Phi) is 7.45. The molecule has 0 fully saturated rings. The minimum Gasteiger partial charge on any atom is -0.355 e. The van der Waals surface area contributed by atoms with Crippen molar-refractivity contribution in [3.05, 3.63) is 47.3 Å². The number of amides is 2. The smallest absolute Gasteiger partial charge is 0.263 e. The van der Waals surface area contributed by atoms with Crippen LogP contribution < -0.4 is 16.2 Å². The standard InChI is InChI=1S/C21H26N6O3S/c1-4-12-26-19(30)15-8-6-7-9-16(15)27-20(26)24-25-21(27)31-13-18(29)22-11-10-17(28)23-14(3)5-2/h4,6-9,14H,1,5,10-13H2,2-3H3,(H,22,29)(H,23,28). The average molecular weight is 443 g/mol. The van der Waals surface area contributed by atoms with Gasteiger partial charge in [0.25, 0.3) is 5.56 Å². The summed E-state index contributed by atoms with van der Waals surface area (Å²) >= 11 is 1.22. The highest BCUT2D eigenvalue weighted by atomic mass is 32.2. The van der Waals surface area contributed by atoms with E-state index >= 15 is 0 Å². The van der Waals surface area contributed by atoms with E-state index in [1.54, 1.807) is 22.6 Å². The lowest BCUT2D eigenvalue weighted by Crippen LogP contribution is -2.35. The van der Waals surface area contributed by atoms with Gasteiger partial charge in [0, 0.05) is 25.6 Å². The number of fused-ring (bicyclic) bond motifs is 3. The van der Waals surface area contributed by atoms with E-state index in [1.165, 1.54) is 16.3 Å². The molecule has 0 saturated carbocycles. The summed E-state index contributed by atoms with van der Waals surface area (Å²) < 4.78 is 3.28. The first-order valence-electron chi connectivity index (χ1n) is 10.1. The van der Waals surface area contributed by atoms with Gasteiger partial charge in [0.1, 0.15) is 0 Å². The number of benzene rings is 1. The summed E-state index contributed by atoms with van der Waals surface area (Å²) in [6.07, 6.45) is 2.71. The Morgan fingerprint density at radius 3 is 2.77 bits per heavy atom. The van der Waals surface area contributed by atoms with Crippen LogP contribution in [0.15, 0.2) is 46.9 Å². The maximum Gasteiger partial charge on any atom is 0.263 e. The lowest BCUT2D eigenvalue weighted by Gasteiger charge is -2.11. The fourth-order valence-electron chi connectivity index (χ4n) is 3.07. The zero-order valence-electron chi connectivity index (χ0n) is 17.6. The zero-order valence-corrected chi connectivity index (χ0v) is 18.4. The van der Waals surface area contributed by atoms with E-state index in [9.17, 15) is 14.4 Å². The SMILES string of the molecule is C=CCn1c(=O)c2ccccc2n2c(SCC(=O)NCCC(=O)NC(C)CC)nnc12. The number of rotatable bonds is 10. The van der Waals surface area contributed by atoms with E-state index in [4.69, 9.17) is 0 Å². The van der Waals surface area contributed by atoms with Crippen LogP contribution in [0.1, 0.15) is 26.7 Å². The van der Waals surface area contributed by atoms with Gasteiger partial charge in [0.2, 0.25) is 17.6 Å². The number of hydrogen-bond donors (Lipinski definition) is 2. The van der Waals surface area contributed by atoms with Crippen molar-refractivity contribution in [2.24, 2.45) is 0 Å². The molecule has 0 aliphatic rings. The molecule has 0 aliphatic heterocycles. The summed E-state index contributed by atoms with van der Waals surface area (Å²) in [6.45, 7) is 8.21. The molecule has 0 radical (unpaired) electrons. The molecule has 31 heavy (non-hydrogen) atoms. The van der Waals surface area contributed by atoms with Gasteiger partial charge >= 0.3 is 0 Å². The highest BCUT2D eigenvalue weighted by Gasteiger charge is 2.17. The molecule has 1 unspecified atom stereocenters. The van der Waals surface area contributed by atoms with Crippen molar-refractivity contribution in [2.45, 2.75) is 44.4 Å². The molecule has 164 valence electrons. The van der Waals surface area contributed by atoms with E-state index in [0.29, 0.717) is 28.4 Å². The lowest BCUT2D eigenvalue weighted by molar-refractivity contribution is -0.122. The number of nitrogens with one attached hydrogen (secondary N) is 2. The number of carbonyl (C=O) groups excluding carboxylic acids is 2. The fourth-order valence-corrected chi connectivity index (χ4v) is 3.84. The molecule has 2 heterocycles. The molecule has 0 bridgehead atoms. The molecule has 10 heteroatoms. The van der Waals surface area contributed by atoms with Crippen LogP contribution in [-0.2, 0) is 16.1 Å². The molecule has 2 amide bonds. The summed E-state index contributed by atoms with van der Waals surface area (Å²) in [6, 6.07) is 7.34. The zero-order chi connectivity index (χ0) is 22.4. The first-order chi connectivity index (χ1) is 15.0. The molecular weight excluding hydrogens is 416 g/mol. The van der Waals surface area contributed by atoms with Gasteiger partial charge in [-0.1, -0.05) is 36.9 Å². The van der Waals surface area contributed by atoms with Crippen LogP contribution in [-0.4, -0.2) is 49.3 Å². The number of hydrogen-bond acceptors (Lipinski definition) is 6. The van der Waals surface area contributed by atoms with Gasteiger partial charge in [-0.15, -0.1) is 16.8 Å². The van der Waals surface area contributed by atoms with Crippen molar-refractivity contribution in [3.63, 3.8) is 0 Å². The highest BCUT2D eigenvalue weighted by molar-refractivity contribution is 7.99. The Balaban J connectivity index is 1.71. The molecule has 1 aromatic carbocycles. The second-order valence-corrected chi connectivity index (χ2v) is 8.05. The Hall–Kier alpha value is -3.14. The van der Waals surface area contributed by atoms with E-state index in [1.807, 2.05) is 26.0 Å². The molecule has 2 aromatic heterocycles. The average Bonchev–Trinajstić information content (AvgIpc) is 3.19. The van der Waals surface area contributed by atoms with Gasteiger partial charge in [-0.3, -0.25) is 23.4 Å². The third-order valence-corrected chi connectivity index (χ3v) is 5.75. The number of allylic oxidation sites excluding steroid dienone is 1. The van der Waals surface area contributed by atoms with E-state index in [2.05, 4.69) is 27.4 Å².